The summed E-state index contributed by atoms with van der Waals surface area (Å²) in [6, 6.07) is 0. The quantitative estimate of drug-likeness (QED) is 0.0622. The third kappa shape index (κ3) is 15.3. The van der Waals surface area contributed by atoms with Crippen LogP contribution in [-0.4, -0.2) is 80.3 Å². The van der Waals surface area contributed by atoms with Gasteiger partial charge in [0, 0.05) is 44.4 Å². The summed E-state index contributed by atoms with van der Waals surface area (Å²) >= 11 is 0. The van der Waals surface area contributed by atoms with E-state index in [1.807, 2.05) is 0 Å². The van der Waals surface area contributed by atoms with Crippen molar-refractivity contribution in [3.05, 3.63) is 32.6 Å². The van der Waals surface area contributed by atoms with Crippen LogP contribution < -0.4 is 11.2 Å². The first-order valence-electron chi connectivity index (χ1n) is 19.9. The van der Waals surface area contributed by atoms with Crippen molar-refractivity contribution in [3.8, 4) is 0 Å². The smallest absolute Gasteiger partial charge is 0.390 e. The highest BCUT2D eigenvalue weighted by atomic mass is 31.2. The van der Waals surface area contributed by atoms with Crippen LogP contribution in [0.3, 0.4) is 0 Å². The van der Waals surface area contributed by atoms with Crippen molar-refractivity contribution in [1.29, 1.82) is 0 Å². The number of nitrogens with one attached hydrogen (secondary N) is 1. The summed E-state index contributed by atoms with van der Waals surface area (Å²) in [4.78, 5) is 41.5. The molecule has 0 aromatic carbocycles. The third-order valence-corrected chi connectivity index (χ3v) is 11.0. The molecule has 2 unspecified atom stereocenters. The standard InChI is InChI=1S/C37H68N5O7P/c1-4-6-8-10-12-14-16-18-20-22-24-40-26-27-41(25-23-21-19-17-15-13-11-9-7-5-2)36(40)39-50(46,47)48-30-33-32(43)28-34(49-33)42-29-31(3)35(44)38-37(42)45/h29,32-34,43H,4-28,30H2,1-3H3,(H,46,47)(H,38,44,45)/t32?,33-,34-/m1/s1. The highest BCUT2D eigenvalue weighted by molar-refractivity contribution is 7.51. The van der Waals surface area contributed by atoms with E-state index in [0.717, 1.165) is 51.9 Å². The zero-order chi connectivity index (χ0) is 36.2. The van der Waals surface area contributed by atoms with E-state index in [9.17, 15) is 24.2 Å². The molecule has 0 radical (unpaired) electrons. The second kappa shape index (κ2) is 23.6. The Hall–Kier alpha value is -1.98. The van der Waals surface area contributed by atoms with Crippen molar-refractivity contribution in [1.82, 2.24) is 19.4 Å². The average molecular weight is 726 g/mol. The molecule has 0 bridgehead atoms. The summed E-state index contributed by atoms with van der Waals surface area (Å²) in [5, 5.41) is 10.6. The van der Waals surface area contributed by atoms with Gasteiger partial charge in [-0.1, -0.05) is 129 Å². The van der Waals surface area contributed by atoms with Gasteiger partial charge in [0.1, 0.15) is 12.3 Å². The van der Waals surface area contributed by atoms with Crippen LogP contribution in [-0.2, 0) is 13.8 Å². The molecule has 3 heterocycles. The van der Waals surface area contributed by atoms with E-state index in [1.54, 1.807) is 6.92 Å². The summed E-state index contributed by atoms with van der Waals surface area (Å²) in [6.45, 7) is 8.78. The Bertz CT molecular complexity index is 1250. The Balaban J connectivity index is 1.52. The molecule has 3 N–H and O–H groups in total. The molecular weight excluding hydrogens is 657 g/mol. The van der Waals surface area contributed by atoms with Crippen LogP contribution in [0.25, 0.3) is 0 Å². The lowest BCUT2D eigenvalue weighted by atomic mass is 10.1. The molecular formula is C37H68N5O7P. The van der Waals surface area contributed by atoms with E-state index in [1.165, 1.54) is 113 Å². The predicted octanol–water partition coefficient (Wildman–Crippen LogP) is 7.43. The number of aliphatic hydroxyl groups excluding tert-OH is 1. The fourth-order valence-electron chi connectivity index (χ4n) is 6.92. The van der Waals surface area contributed by atoms with E-state index < -0.39 is 37.4 Å². The Kier molecular flexibility index (Phi) is 20.0. The molecule has 2 aliphatic heterocycles. The monoisotopic (exact) mass is 725 g/mol. The molecule has 0 amide bonds. The Labute approximate surface area is 300 Å². The molecule has 2 fully saturated rings. The van der Waals surface area contributed by atoms with Crippen molar-refractivity contribution in [3.63, 3.8) is 0 Å². The van der Waals surface area contributed by atoms with Crippen molar-refractivity contribution < 1.29 is 23.8 Å². The van der Waals surface area contributed by atoms with E-state index in [4.69, 9.17) is 9.26 Å². The minimum Gasteiger partial charge on any atom is -0.390 e. The van der Waals surface area contributed by atoms with E-state index in [-0.39, 0.29) is 13.0 Å². The maximum Gasteiger partial charge on any atom is 0.454 e. The Morgan fingerprint density at radius 2 is 1.28 bits per heavy atom. The molecule has 13 heteroatoms. The normalized spacial score (nSPS) is 20.6. The van der Waals surface area contributed by atoms with Gasteiger partial charge in [-0.05, 0) is 19.8 Å². The van der Waals surface area contributed by atoms with Gasteiger partial charge in [0.15, 0.2) is 0 Å². The number of hydrogen-bond donors (Lipinski definition) is 3. The van der Waals surface area contributed by atoms with Crippen LogP contribution in [0.2, 0.25) is 0 Å². The first kappa shape index (κ1) is 42.4. The van der Waals surface area contributed by atoms with Gasteiger partial charge in [-0.15, -0.1) is 4.76 Å². The minimum absolute atomic E-state index is 0.0724. The lowest BCUT2D eigenvalue weighted by Gasteiger charge is -2.24. The number of unbranched alkanes of at least 4 members (excludes halogenated alkanes) is 18. The number of H-pyrrole nitrogens is 1. The van der Waals surface area contributed by atoms with Gasteiger partial charge in [-0.25, -0.2) is 9.36 Å². The van der Waals surface area contributed by atoms with Crippen molar-refractivity contribution in [2.45, 2.75) is 174 Å². The molecule has 12 nitrogen and oxygen atoms in total. The number of ether oxygens (including phenoxy) is 1. The number of aromatic amines is 1. The number of aryl methyl sites for hydroxylation is 1. The van der Waals surface area contributed by atoms with Crippen LogP contribution in [0.4, 0.5) is 0 Å². The number of aliphatic hydroxyl groups is 1. The lowest BCUT2D eigenvalue weighted by molar-refractivity contribution is -0.0424. The fraction of sp³-hybridized carbons (Fsp3) is 0.865. The van der Waals surface area contributed by atoms with Gasteiger partial charge in [0.05, 0.1) is 12.7 Å². The predicted molar refractivity (Wildman–Crippen MR) is 201 cm³/mol. The zero-order valence-electron chi connectivity index (χ0n) is 31.4. The summed E-state index contributed by atoms with van der Waals surface area (Å²) < 4.78 is 30.2. The minimum atomic E-state index is -4.45. The summed E-state index contributed by atoms with van der Waals surface area (Å²) in [5.41, 5.74) is -0.800. The van der Waals surface area contributed by atoms with Gasteiger partial charge in [0.25, 0.3) is 5.56 Å². The Morgan fingerprint density at radius 3 is 1.76 bits per heavy atom. The highest BCUT2D eigenvalue weighted by Crippen LogP contribution is 2.45. The lowest BCUT2D eigenvalue weighted by Crippen LogP contribution is -2.35. The SMILES string of the molecule is CCCCCCCCCCCCN1CCN(CCCCCCCCCCCC)C1=NP(=O)(O)OC[C@H]1O[C@@H](n2cc(C)c(=O)[nH]c2=O)CC1O. The molecule has 4 atom stereocenters. The molecule has 3 rings (SSSR count). The molecule has 0 saturated carbocycles. The average Bonchev–Trinajstić information content (AvgIpc) is 3.64. The van der Waals surface area contributed by atoms with Crippen LogP contribution in [0.15, 0.2) is 20.5 Å². The highest BCUT2D eigenvalue weighted by Gasteiger charge is 2.38. The first-order chi connectivity index (χ1) is 24.1. The Morgan fingerprint density at radius 1 is 0.820 bits per heavy atom. The van der Waals surface area contributed by atoms with Crippen molar-refractivity contribution in [2.24, 2.45) is 4.76 Å². The maximum atomic E-state index is 13.4. The van der Waals surface area contributed by atoms with Crippen LogP contribution in [0.1, 0.15) is 160 Å². The summed E-state index contributed by atoms with van der Waals surface area (Å²) in [6.07, 6.45) is 23.6. The largest absolute Gasteiger partial charge is 0.454 e. The topological polar surface area (TPSA) is 150 Å². The van der Waals surface area contributed by atoms with E-state index >= 15 is 0 Å². The van der Waals surface area contributed by atoms with Crippen LogP contribution >= 0.6 is 7.75 Å². The van der Waals surface area contributed by atoms with Gasteiger partial charge >= 0.3 is 13.4 Å². The van der Waals surface area contributed by atoms with Crippen molar-refractivity contribution in [2.75, 3.05) is 32.8 Å². The molecule has 50 heavy (non-hydrogen) atoms. The molecule has 1 aromatic heterocycles. The molecule has 0 spiro atoms. The van der Waals surface area contributed by atoms with E-state index in [0.29, 0.717) is 11.5 Å². The van der Waals surface area contributed by atoms with Crippen LogP contribution in [0, 0.1) is 6.92 Å². The van der Waals surface area contributed by atoms with Gasteiger partial charge in [-0.2, -0.15) is 0 Å². The van der Waals surface area contributed by atoms with Crippen LogP contribution in [0.5, 0.6) is 0 Å². The van der Waals surface area contributed by atoms with E-state index in [2.05, 4.69) is 33.4 Å². The number of rotatable bonds is 27. The number of nitrogens with zero attached hydrogens (tertiary/aromatic N) is 4. The second-order valence-electron chi connectivity index (χ2n) is 14.4. The number of hydrogen-bond acceptors (Lipinski definition) is 6. The van der Waals surface area contributed by atoms with Gasteiger partial charge in [0.2, 0.25) is 5.96 Å². The molecule has 2 saturated heterocycles. The molecule has 1 aromatic rings. The first-order valence-corrected chi connectivity index (χ1v) is 21.4. The molecule has 288 valence electrons. The number of guanidine groups is 1. The third-order valence-electron chi connectivity index (χ3n) is 10.1. The zero-order valence-corrected chi connectivity index (χ0v) is 32.3. The molecule has 0 aliphatic carbocycles. The summed E-state index contributed by atoms with van der Waals surface area (Å²) in [5.74, 6) is 0.517. The van der Waals surface area contributed by atoms with Gasteiger partial charge in [-0.3, -0.25) is 18.9 Å². The number of aromatic nitrogens is 2. The van der Waals surface area contributed by atoms with Gasteiger partial charge < -0.3 is 24.5 Å². The second-order valence-corrected chi connectivity index (χ2v) is 15.9. The summed E-state index contributed by atoms with van der Waals surface area (Å²) in [7, 11) is -4.45. The van der Waals surface area contributed by atoms with Crippen molar-refractivity contribution >= 4 is 13.7 Å². The fourth-order valence-corrected chi connectivity index (χ4v) is 7.80. The maximum absolute atomic E-state index is 13.4. The molecule has 2 aliphatic rings.